The largest absolute Gasteiger partial charge is 0.493 e. The molecule has 1 aromatic heterocycles. The molecule has 3 rings (SSSR count). The molecule has 0 aliphatic heterocycles. The van der Waals surface area contributed by atoms with Crippen LogP contribution in [0, 0.1) is 5.92 Å². The van der Waals surface area contributed by atoms with Crippen molar-refractivity contribution >= 4 is 28.2 Å². The average Bonchev–Trinajstić information content (AvgIpc) is 2.97. The zero-order valence-electron chi connectivity index (χ0n) is 15.0. The molecule has 0 saturated heterocycles. The van der Waals surface area contributed by atoms with Gasteiger partial charge in [0.1, 0.15) is 5.00 Å². The summed E-state index contributed by atoms with van der Waals surface area (Å²) in [5.74, 6) is 0.501. The Bertz CT molecular complexity index is 859. The van der Waals surface area contributed by atoms with E-state index in [1.165, 1.54) is 25.6 Å². The maximum atomic E-state index is 12.8. The molecule has 26 heavy (non-hydrogen) atoms. The first-order chi connectivity index (χ1) is 12.5. The summed E-state index contributed by atoms with van der Waals surface area (Å²) in [6.45, 7) is 2.19. The van der Waals surface area contributed by atoms with Gasteiger partial charge in [-0.1, -0.05) is 13.0 Å². The Morgan fingerprint density at radius 1 is 1.27 bits per heavy atom. The number of carbonyl (C=O) groups is 2. The second kappa shape index (κ2) is 7.37. The molecular formula is C19H22N2O4S. The standard InChI is InChI=1S/C19H22N2O4S/c1-10-7-8-11-14(9-10)26-19(15(11)17(20)22)21-18(23)12-5-4-6-13(24-2)16(12)25-3/h4-6,10H,7-9H2,1-3H3,(H2,20,22)(H,21,23)/t10-/m0/s1. The van der Waals surface area contributed by atoms with Crippen molar-refractivity contribution in [1.29, 1.82) is 0 Å². The second-order valence-corrected chi connectivity index (χ2v) is 7.52. The van der Waals surface area contributed by atoms with Crippen molar-refractivity contribution in [2.75, 3.05) is 19.5 Å². The van der Waals surface area contributed by atoms with Crippen LogP contribution in [0.5, 0.6) is 11.5 Å². The first-order valence-corrected chi connectivity index (χ1v) is 9.24. The molecule has 0 unspecified atom stereocenters. The van der Waals surface area contributed by atoms with Gasteiger partial charge in [-0.05, 0) is 42.9 Å². The summed E-state index contributed by atoms with van der Waals surface area (Å²) in [6.07, 6.45) is 2.73. The lowest BCUT2D eigenvalue weighted by Crippen LogP contribution is -2.19. The van der Waals surface area contributed by atoms with Crippen LogP contribution >= 0.6 is 11.3 Å². The van der Waals surface area contributed by atoms with Crippen LogP contribution in [0.25, 0.3) is 0 Å². The molecule has 0 spiro atoms. The predicted octanol–water partition coefficient (Wildman–Crippen LogP) is 3.24. The van der Waals surface area contributed by atoms with Gasteiger partial charge >= 0.3 is 0 Å². The molecule has 7 heteroatoms. The summed E-state index contributed by atoms with van der Waals surface area (Å²) in [5, 5.41) is 3.36. The third kappa shape index (κ3) is 3.26. The zero-order chi connectivity index (χ0) is 18.8. The van der Waals surface area contributed by atoms with Crippen molar-refractivity contribution in [2.24, 2.45) is 11.7 Å². The third-order valence-corrected chi connectivity index (χ3v) is 5.80. The van der Waals surface area contributed by atoms with Gasteiger partial charge < -0.3 is 20.5 Å². The Labute approximate surface area is 156 Å². The van der Waals surface area contributed by atoms with Crippen LogP contribution in [0.2, 0.25) is 0 Å². The van der Waals surface area contributed by atoms with Crippen LogP contribution in [-0.2, 0) is 12.8 Å². The van der Waals surface area contributed by atoms with Crippen molar-refractivity contribution < 1.29 is 19.1 Å². The predicted molar refractivity (Wildman–Crippen MR) is 102 cm³/mol. The fourth-order valence-electron chi connectivity index (χ4n) is 3.34. The molecule has 2 amide bonds. The molecule has 1 heterocycles. The van der Waals surface area contributed by atoms with Gasteiger partial charge in [0, 0.05) is 4.88 Å². The van der Waals surface area contributed by atoms with E-state index in [9.17, 15) is 9.59 Å². The first-order valence-electron chi connectivity index (χ1n) is 8.42. The molecule has 6 nitrogen and oxygen atoms in total. The number of hydrogen-bond donors (Lipinski definition) is 2. The second-order valence-electron chi connectivity index (χ2n) is 6.42. The molecule has 138 valence electrons. The molecule has 3 N–H and O–H groups in total. The number of nitrogens with two attached hydrogens (primary N) is 1. The number of primary amides is 1. The maximum Gasteiger partial charge on any atom is 0.260 e. The van der Waals surface area contributed by atoms with Crippen LogP contribution in [-0.4, -0.2) is 26.0 Å². The quantitative estimate of drug-likeness (QED) is 0.840. The van der Waals surface area contributed by atoms with E-state index in [-0.39, 0.29) is 5.91 Å². The molecule has 2 aromatic rings. The molecule has 0 fully saturated rings. The number of amides is 2. The van der Waals surface area contributed by atoms with Gasteiger partial charge in [-0.15, -0.1) is 11.3 Å². The fraction of sp³-hybridized carbons (Fsp3) is 0.368. The summed E-state index contributed by atoms with van der Waals surface area (Å²) in [7, 11) is 2.99. The van der Waals surface area contributed by atoms with Gasteiger partial charge in [-0.25, -0.2) is 0 Å². The monoisotopic (exact) mass is 374 g/mol. The SMILES string of the molecule is COc1cccc(C(=O)Nc2sc3c(c2C(N)=O)CC[C@H](C)C3)c1OC. The van der Waals surface area contributed by atoms with E-state index in [1.54, 1.807) is 18.2 Å². The molecule has 1 aliphatic rings. The Kier molecular flexibility index (Phi) is 5.18. The fourth-order valence-corrected chi connectivity index (χ4v) is 4.75. The number of methoxy groups -OCH3 is 2. The van der Waals surface area contributed by atoms with E-state index >= 15 is 0 Å². The number of anilines is 1. The lowest BCUT2D eigenvalue weighted by atomic mass is 9.88. The number of thiophene rings is 1. The minimum atomic E-state index is -0.509. The molecule has 0 radical (unpaired) electrons. The number of rotatable bonds is 5. The molecule has 0 saturated carbocycles. The summed E-state index contributed by atoms with van der Waals surface area (Å²) in [5.41, 5.74) is 7.36. The van der Waals surface area contributed by atoms with E-state index in [0.717, 1.165) is 29.7 Å². The molecular weight excluding hydrogens is 352 g/mol. The normalized spacial score (nSPS) is 15.9. The third-order valence-electron chi connectivity index (χ3n) is 4.63. The van der Waals surface area contributed by atoms with Crippen molar-refractivity contribution in [2.45, 2.75) is 26.2 Å². The van der Waals surface area contributed by atoms with Gasteiger partial charge in [0.05, 0.1) is 25.3 Å². The highest BCUT2D eigenvalue weighted by atomic mass is 32.1. The number of para-hydroxylation sites is 1. The zero-order valence-corrected chi connectivity index (χ0v) is 15.9. The number of hydrogen-bond acceptors (Lipinski definition) is 5. The number of ether oxygens (including phenoxy) is 2. The first kappa shape index (κ1) is 18.3. The summed E-state index contributed by atoms with van der Waals surface area (Å²) >= 11 is 1.44. The summed E-state index contributed by atoms with van der Waals surface area (Å²) < 4.78 is 10.6. The van der Waals surface area contributed by atoms with Crippen LogP contribution in [0.15, 0.2) is 18.2 Å². The Balaban J connectivity index is 1.97. The lowest BCUT2D eigenvalue weighted by molar-refractivity contribution is 0.1000. The minimum absolute atomic E-state index is 0.335. The van der Waals surface area contributed by atoms with E-state index < -0.39 is 5.91 Å². The topological polar surface area (TPSA) is 90.6 Å². The Morgan fingerprint density at radius 3 is 2.69 bits per heavy atom. The number of benzene rings is 1. The number of fused-ring (bicyclic) bond motifs is 1. The summed E-state index contributed by atoms with van der Waals surface area (Å²) in [6, 6.07) is 5.08. The Hall–Kier alpha value is -2.54. The van der Waals surface area contributed by atoms with Crippen LogP contribution in [0.1, 0.15) is 44.5 Å². The number of carbonyl (C=O) groups excluding carboxylic acids is 2. The molecule has 1 aromatic carbocycles. The molecule has 1 atom stereocenters. The molecule has 1 aliphatic carbocycles. The van der Waals surface area contributed by atoms with Gasteiger partial charge in [0.2, 0.25) is 0 Å². The van der Waals surface area contributed by atoms with E-state index in [0.29, 0.717) is 33.5 Å². The van der Waals surface area contributed by atoms with Gasteiger partial charge in [-0.2, -0.15) is 0 Å². The minimum Gasteiger partial charge on any atom is -0.493 e. The maximum absolute atomic E-state index is 12.8. The Morgan fingerprint density at radius 2 is 2.04 bits per heavy atom. The van der Waals surface area contributed by atoms with E-state index in [1.807, 2.05) is 0 Å². The van der Waals surface area contributed by atoms with Crippen LogP contribution < -0.4 is 20.5 Å². The van der Waals surface area contributed by atoms with E-state index in [2.05, 4.69) is 12.2 Å². The molecule has 0 bridgehead atoms. The van der Waals surface area contributed by atoms with Crippen molar-refractivity contribution in [3.8, 4) is 11.5 Å². The van der Waals surface area contributed by atoms with Gasteiger partial charge in [0.15, 0.2) is 11.5 Å². The lowest BCUT2D eigenvalue weighted by Gasteiger charge is -2.18. The van der Waals surface area contributed by atoms with Crippen LogP contribution in [0.3, 0.4) is 0 Å². The van der Waals surface area contributed by atoms with Gasteiger partial charge in [-0.3, -0.25) is 9.59 Å². The van der Waals surface area contributed by atoms with Crippen LogP contribution in [0.4, 0.5) is 5.00 Å². The highest BCUT2D eigenvalue weighted by Gasteiger charge is 2.28. The smallest absolute Gasteiger partial charge is 0.260 e. The van der Waals surface area contributed by atoms with Gasteiger partial charge in [0.25, 0.3) is 11.8 Å². The van der Waals surface area contributed by atoms with Crippen molar-refractivity contribution in [3.63, 3.8) is 0 Å². The van der Waals surface area contributed by atoms with Crippen molar-refractivity contribution in [3.05, 3.63) is 39.8 Å². The highest BCUT2D eigenvalue weighted by Crippen LogP contribution is 2.40. The van der Waals surface area contributed by atoms with E-state index in [4.69, 9.17) is 15.2 Å². The highest BCUT2D eigenvalue weighted by molar-refractivity contribution is 7.17. The number of nitrogens with one attached hydrogen (secondary N) is 1. The van der Waals surface area contributed by atoms with Crippen molar-refractivity contribution in [1.82, 2.24) is 0 Å². The average molecular weight is 374 g/mol. The summed E-state index contributed by atoms with van der Waals surface area (Å²) in [4.78, 5) is 26.0.